The number of aromatic nitrogens is 2. The Bertz CT molecular complexity index is 653. The van der Waals surface area contributed by atoms with Crippen molar-refractivity contribution in [2.75, 3.05) is 20.2 Å². The SMILES string of the molecule is C=C(C)Cn1c(C2CCCNC2)nc2cc(OC)ccc21. The van der Waals surface area contributed by atoms with Crippen LogP contribution in [0, 0.1) is 0 Å². The summed E-state index contributed by atoms with van der Waals surface area (Å²) in [6.07, 6.45) is 2.41. The quantitative estimate of drug-likeness (QED) is 0.877. The lowest BCUT2D eigenvalue weighted by Gasteiger charge is -2.23. The van der Waals surface area contributed by atoms with Crippen molar-refractivity contribution >= 4 is 11.0 Å². The summed E-state index contributed by atoms with van der Waals surface area (Å²) in [7, 11) is 1.69. The van der Waals surface area contributed by atoms with Gasteiger partial charge in [0, 0.05) is 25.1 Å². The van der Waals surface area contributed by atoms with E-state index in [0.717, 1.165) is 36.5 Å². The van der Waals surface area contributed by atoms with Gasteiger partial charge in [0.1, 0.15) is 11.6 Å². The molecule has 2 aromatic rings. The molecule has 112 valence electrons. The number of fused-ring (bicyclic) bond motifs is 1. The standard InChI is InChI=1S/C17H23N3O/c1-12(2)11-20-16-7-6-14(21-3)9-15(16)19-17(20)13-5-4-8-18-10-13/h6-7,9,13,18H,1,4-5,8,10-11H2,2-3H3. The summed E-state index contributed by atoms with van der Waals surface area (Å²) in [4.78, 5) is 4.90. The summed E-state index contributed by atoms with van der Waals surface area (Å²) in [6.45, 7) is 9.09. The topological polar surface area (TPSA) is 39.1 Å². The molecule has 1 N–H and O–H groups in total. The first-order valence-corrected chi connectivity index (χ1v) is 7.58. The van der Waals surface area contributed by atoms with Gasteiger partial charge in [0.2, 0.25) is 0 Å². The van der Waals surface area contributed by atoms with Gasteiger partial charge in [-0.2, -0.15) is 0 Å². The van der Waals surface area contributed by atoms with Crippen LogP contribution in [0.3, 0.4) is 0 Å². The third-order valence-electron chi connectivity index (χ3n) is 4.07. The Balaban J connectivity index is 2.09. The molecule has 21 heavy (non-hydrogen) atoms. The van der Waals surface area contributed by atoms with E-state index in [0.29, 0.717) is 5.92 Å². The Morgan fingerprint density at radius 3 is 3.05 bits per heavy atom. The van der Waals surface area contributed by atoms with Crippen LogP contribution in [0.4, 0.5) is 0 Å². The number of nitrogens with zero attached hydrogens (tertiary/aromatic N) is 2. The van der Waals surface area contributed by atoms with E-state index < -0.39 is 0 Å². The Labute approximate surface area is 125 Å². The molecular weight excluding hydrogens is 262 g/mol. The molecule has 1 aromatic carbocycles. The molecule has 1 aliphatic heterocycles. The lowest BCUT2D eigenvalue weighted by atomic mass is 9.99. The van der Waals surface area contributed by atoms with Crippen LogP contribution in [-0.2, 0) is 6.54 Å². The molecule has 0 aliphatic carbocycles. The summed E-state index contributed by atoms with van der Waals surface area (Å²) in [6, 6.07) is 6.12. The Kier molecular flexibility index (Phi) is 3.97. The number of imidazole rings is 1. The van der Waals surface area contributed by atoms with Crippen LogP contribution in [0.15, 0.2) is 30.4 Å². The minimum absolute atomic E-state index is 0.483. The van der Waals surface area contributed by atoms with E-state index >= 15 is 0 Å². The highest BCUT2D eigenvalue weighted by Gasteiger charge is 2.22. The predicted octanol–water partition coefficient (Wildman–Crippen LogP) is 3.09. The summed E-state index contributed by atoms with van der Waals surface area (Å²) in [5.41, 5.74) is 3.32. The first-order chi connectivity index (χ1) is 10.2. The molecule has 1 fully saturated rings. The van der Waals surface area contributed by atoms with Crippen molar-refractivity contribution in [2.24, 2.45) is 0 Å². The van der Waals surface area contributed by atoms with Gasteiger partial charge in [-0.05, 0) is 38.4 Å². The number of nitrogens with one attached hydrogen (secondary N) is 1. The van der Waals surface area contributed by atoms with Gasteiger partial charge < -0.3 is 14.6 Å². The molecule has 0 bridgehead atoms. The summed E-state index contributed by atoms with van der Waals surface area (Å²) < 4.78 is 7.63. The maximum Gasteiger partial charge on any atom is 0.121 e. The molecule has 0 spiro atoms. The van der Waals surface area contributed by atoms with Gasteiger partial charge in [0.15, 0.2) is 0 Å². The molecule has 1 unspecified atom stereocenters. The van der Waals surface area contributed by atoms with Crippen LogP contribution in [0.25, 0.3) is 11.0 Å². The number of ether oxygens (including phenoxy) is 1. The van der Waals surface area contributed by atoms with Crippen molar-refractivity contribution in [3.63, 3.8) is 0 Å². The van der Waals surface area contributed by atoms with Crippen molar-refractivity contribution in [3.8, 4) is 5.75 Å². The maximum absolute atomic E-state index is 5.32. The fourth-order valence-corrected chi connectivity index (χ4v) is 3.08. The van der Waals surface area contributed by atoms with Crippen molar-refractivity contribution in [1.29, 1.82) is 0 Å². The second kappa shape index (κ2) is 5.90. The largest absolute Gasteiger partial charge is 0.497 e. The lowest BCUT2D eigenvalue weighted by Crippen LogP contribution is -2.30. The molecule has 1 aromatic heterocycles. The van der Waals surface area contributed by atoms with E-state index in [-0.39, 0.29) is 0 Å². The van der Waals surface area contributed by atoms with Crippen LogP contribution in [-0.4, -0.2) is 29.8 Å². The Morgan fingerprint density at radius 2 is 2.38 bits per heavy atom. The van der Waals surface area contributed by atoms with Crippen LogP contribution in [0.1, 0.15) is 31.5 Å². The first-order valence-electron chi connectivity index (χ1n) is 7.58. The van der Waals surface area contributed by atoms with Gasteiger partial charge in [0.25, 0.3) is 0 Å². The minimum atomic E-state index is 0.483. The number of rotatable bonds is 4. The highest BCUT2D eigenvalue weighted by molar-refractivity contribution is 5.78. The second-order valence-corrected chi connectivity index (χ2v) is 5.91. The van der Waals surface area contributed by atoms with Gasteiger partial charge in [-0.1, -0.05) is 12.2 Å². The monoisotopic (exact) mass is 285 g/mol. The van der Waals surface area contributed by atoms with Crippen molar-refractivity contribution in [2.45, 2.75) is 32.2 Å². The zero-order chi connectivity index (χ0) is 14.8. The van der Waals surface area contributed by atoms with Crippen molar-refractivity contribution < 1.29 is 4.74 Å². The molecule has 1 aliphatic rings. The van der Waals surface area contributed by atoms with E-state index in [4.69, 9.17) is 9.72 Å². The van der Waals surface area contributed by atoms with Crippen LogP contribution >= 0.6 is 0 Å². The van der Waals surface area contributed by atoms with E-state index in [1.807, 2.05) is 12.1 Å². The number of methoxy groups -OCH3 is 1. The third-order valence-corrected chi connectivity index (χ3v) is 4.07. The number of hydrogen-bond donors (Lipinski definition) is 1. The van der Waals surface area contributed by atoms with E-state index in [1.165, 1.54) is 24.2 Å². The molecule has 1 atom stereocenters. The Morgan fingerprint density at radius 1 is 1.52 bits per heavy atom. The first kappa shape index (κ1) is 14.1. The highest BCUT2D eigenvalue weighted by Crippen LogP contribution is 2.29. The highest BCUT2D eigenvalue weighted by atomic mass is 16.5. The van der Waals surface area contributed by atoms with E-state index in [2.05, 4.69) is 29.5 Å². The summed E-state index contributed by atoms with van der Waals surface area (Å²) >= 11 is 0. The van der Waals surface area contributed by atoms with Gasteiger partial charge in [-0.25, -0.2) is 4.98 Å². The molecule has 2 heterocycles. The van der Waals surface area contributed by atoms with Gasteiger partial charge >= 0.3 is 0 Å². The fourth-order valence-electron chi connectivity index (χ4n) is 3.08. The third kappa shape index (κ3) is 2.81. The second-order valence-electron chi connectivity index (χ2n) is 5.91. The van der Waals surface area contributed by atoms with Crippen LogP contribution < -0.4 is 10.1 Å². The molecule has 0 radical (unpaired) electrons. The normalized spacial score (nSPS) is 18.9. The fraction of sp³-hybridized carbons (Fsp3) is 0.471. The zero-order valence-electron chi connectivity index (χ0n) is 12.9. The molecule has 4 heteroatoms. The average molecular weight is 285 g/mol. The molecule has 0 saturated carbocycles. The van der Waals surface area contributed by atoms with Gasteiger partial charge in [-0.15, -0.1) is 0 Å². The minimum Gasteiger partial charge on any atom is -0.497 e. The van der Waals surface area contributed by atoms with Crippen LogP contribution in [0.2, 0.25) is 0 Å². The van der Waals surface area contributed by atoms with E-state index in [9.17, 15) is 0 Å². The smallest absolute Gasteiger partial charge is 0.121 e. The van der Waals surface area contributed by atoms with Crippen molar-refractivity contribution in [3.05, 3.63) is 36.2 Å². The summed E-state index contributed by atoms with van der Waals surface area (Å²) in [5.74, 6) is 2.51. The summed E-state index contributed by atoms with van der Waals surface area (Å²) in [5, 5.41) is 3.48. The van der Waals surface area contributed by atoms with Gasteiger partial charge in [0.05, 0.1) is 18.1 Å². The number of benzene rings is 1. The van der Waals surface area contributed by atoms with Crippen LogP contribution in [0.5, 0.6) is 5.75 Å². The number of hydrogen-bond acceptors (Lipinski definition) is 3. The molecule has 4 nitrogen and oxygen atoms in total. The lowest BCUT2D eigenvalue weighted by molar-refractivity contribution is 0.415. The zero-order valence-corrected chi connectivity index (χ0v) is 12.9. The molecule has 3 rings (SSSR count). The maximum atomic E-state index is 5.32. The molecule has 0 amide bonds. The van der Waals surface area contributed by atoms with Crippen molar-refractivity contribution in [1.82, 2.24) is 14.9 Å². The average Bonchev–Trinajstić information content (AvgIpc) is 2.85. The number of piperidine rings is 1. The molecule has 1 saturated heterocycles. The molecular formula is C17H23N3O. The predicted molar refractivity (Wildman–Crippen MR) is 85.9 cm³/mol. The van der Waals surface area contributed by atoms with E-state index in [1.54, 1.807) is 7.11 Å². The Hall–Kier alpha value is -1.81. The number of allylic oxidation sites excluding steroid dienone is 1. The van der Waals surface area contributed by atoms with Gasteiger partial charge in [-0.3, -0.25) is 0 Å².